The van der Waals surface area contributed by atoms with Crippen molar-refractivity contribution in [2.45, 2.75) is 13.8 Å². The van der Waals surface area contributed by atoms with E-state index in [-0.39, 0.29) is 0 Å². The van der Waals surface area contributed by atoms with Crippen molar-refractivity contribution < 1.29 is 9.47 Å². The molecule has 2 aromatic rings. The van der Waals surface area contributed by atoms with Gasteiger partial charge in [0, 0.05) is 16.7 Å². The molecule has 0 saturated heterocycles. The highest BCUT2D eigenvalue weighted by atomic mass is 79.9. The standard InChI is InChI=1S/C17H20BrNO2/c1-3-20-16-6-4-5-7-17(16)21-11-10-19-15-12-14(18)9-8-13(15)2/h4-9,12,19H,3,10-11H2,1-2H3. The lowest BCUT2D eigenvalue weighted by molar-refractivity contribution is 0.284. The Morgan fingerprint density at radius 3 is 2.48 bits per heavy atom. The molecule has 0 unspecified atom stereocenters. The van der Waals surface area contributed by atoms with E-state index in [1.54, 1.807) is 0 Å². The van der Waals surface area contributed by atoms with Crippen LogP contribution in [0.5, 0.6) is 11.5 Å². The third-order valence-corrected chi connectivity index (χ3v) is 3.52. The molecule has 0 amide bonds. The van der Waals surface area contributed by atoms with Crippen LogP contribution < -0.4 is 14.8 Å². The molecule has 0 bridgehead atoms. The topological polar surface area (TPSA) is 30.5 Å². The van der Waals surface area contributed by atoms with Gasteiger partial charge in [0.2, 0.25) is 0 Å². The number of hydrogen-bond acceptors (Lipinski definition) is 3. The Balaban J connectivity index is 1.86. The fraction of sp³-hybridized carbons (Fsp3) is 0.294. The van der Waals surface area contributed by atoms with Crippen molar-refractivity contribution in [3.63, 3.8) is 0 Å². The quantitative estimate of drug-likeness (QED) is 0.738. The first kappa shape index (κ1) is 15.7. The van der Waals surface area contributed by atoms with Crippen LogP contribution in [0.3, 0.4) is 0 Å². The molecule has 2 aromatic carbocycles. The predicted octanol–water partition coefficient (Wildman–Crippen LogP) is 4.65. The molecule has 0 saturated carbocycles. The zero-order valence-corrected chi connectivity index (χ0v) is 13.9. The van der Waals surface area contributed by atoms with Gasteiger partial charge in [-0.1, -0.05) is 34.1 Å². The minimum Gasteiger partial charge on any atom is -0.490 e. The molecule has 4 heteroatoms. The summed E-state index contributed by atoms with van der Waals surface area (Å²) >= 11 is 3.48. The Morgan fingerprint density at radius 1 is 1.05 bits per heavy atom. The van der Waals surface area contributed by atoms with Gasteiger partial charge < -0.3 is 14.8 Å². The van der Waals surface area contributed by atoms with E-state index >= 15 is 0 Å². The summed E-state index contributed by atoms with van der Waals surface area (Å²) in [6.07, 6.45) is 0. The van der Waals surface area contributed by atoms with E-state index in [2.05, 4.69) is 40.3 Å². The summed E-state index contributed by atoms with van der Waals surface area (Å²) in [4.78, 5) is 0. The molecular weight excluding hydrogens is 330 g/mol. The first-order chi connectivity index (χ1) is 10.2. The Morgan fingerprint density at radius 2 is 1.76 bits per heavy atom. The summed E-state index contributed by atoms with van der Waals surface area (Å²) < 4.78 is 12.4. The average Bonchev–Trinajstić information content (AvgIpc) is 2.49. The van der Waals surface area contributed by atoms with E-state index < -0.39 is 0 Å². The number of aryl methyl sites for hydroxylation is 1. The highest BCUT2D eigenvalue weighted by molar-refractivity contribution is 9.10. The lowest BCUT2D eigenvalue weighted by atomic mass is 10.2. The van der Waals surface area contributed by atoms with Gasteiger partial charge in [-0.2, -0.15) is 0 Å². The van der Waals surface area contributed by atoms with E-state index in [9.17, 15) is 0 Å². The highest BCUT2D eigenvalue weighted by Gasteiger charge is 2.03. The van der Waals surface area contributed by atoms with E-state index in [0.717, 1.165) is 28.2 Å². The Hall–Kier alpha value is -1.68. The van der Waals surface area contributed by atoms with Crippen LogP contribution in [0, 0.1) is 6.92 Å². The van der Waals surface area contributed by atoms with Gasteiger partial charge in [0.25, 0.3) is 0 Å². The van der Waals surface area contributed by atoms with Crippen molar-refractivity contribution in [2.75, 3.05) is 25.1 Å². The second kappa shape index (κ2) is 7.93. The van der Waals surface area contributed by atoms with E-state index in [1.165, 1.54) is 5.56 Å². The zero-order valence-electron chi connectivity index (χ0n) is 12.4. The van der Waals surface area contributed by atoms with Crippen LogP contribution in [0.25, 0.3) is 0 Å². The van der Waals surface area contributed by atoms with Crippen LogP contribution in [-0.2, 0) is 0 Å². The van der Waals surface area contributed by atoms with Gasteiger partial charge >= 0.3 is 0 Å². The van der Waals surface area contributed by atoms with Gasteiger partial charge in [0.1, 0.15) is 6.61 Å². The summed E-state index contributed by atoms with van der Waals surface area (Å²) in [7, 11) is 0. The largest absolute Gasteiger partial charge is 0.490 e. The first-order valence-corrected chi connectivity index (χ1v) is 7.84. The highest BCUT2D eigenvalue weighted by Crippen LogP contribution is 2.26. The molecule has 2 rings (SSSR count). The Kier molecular flexibility index (Phi) is 5.93. The van der Waals surface area contributed by atoms with Gasteiger partial charge in [-0.05, 0) is 43.7 Å². The maximum atomic E-state index is 5.78. The van der Waals surface area contributed by atoms with E-state index in [1.807, 2.05) is 37.3 Å². The minimum atomic E-state index is 0.579. The molecule has 112 valence electrons. The lowest BCUT2D eigenvalue weighted by Crippen LogP contribution is -2.12. The Labute approximate surface area is 134 Å². The molecule has 0 aromatic heterocycles. The van der Waals surface area contributed by atoms with Crippen molar-refractivity contribution in [3.8, 4) is 11.5 Å². The van der Waals surface area contributed by atoms with Gasteiger partial charge in [-0.25, -0.2) is 0 Å². The molecule has 0 aliphatic heterocycles. The number of nitrogens with one attached hydrogen (secondary N) is 1. The van der Waals surface area contributed by atoms with Crippen LogP contribution >= 0.6 is 15.9 Å². The monoisotopic (exact) mass is 349 g/mol. The summed E-state index contributed by atoms with van der Waals surface area (Å²) in [5.74, 6) is 1.57. The number of rotatable bonds is 7. The molecule has 0 aliphatic carbocycles. The van der Waals surface area contributed by atoms with Gasteiger partial charge in [-0.3, -0.25) is 0 Å². The molecule has 0 fully saturated rings. The minimum absolute atomic E-state index is 0.579. The number of ether oxygens (including phenoxy) is 2. The molecular formula is C17H20BrNO2. The molecule has 0 radical (unpaired) electrons. The Bertz CT molecular complexity index is 587. The second-order valence-electron chi connectivity index (χ2n) is 4.61. The normalized spacial score (nSPS) is 10.2. The predicted molar refractivity (Wildman–Crippen MR) is 90.5 cm³/mol. The molecule has 0 aliphatic rings. The van der Waals surface area contributed by atoms with Crippen LogP contribution in [0.4, 0.5) is 5.69 Å². The van der Waals surface area contributed by atoms with E-state index in [4.69, 9.17) is 9.47 Å². The third kappa shape index (κ3) is 4.67. The van der Waals surface area contributed by atoms with Crippen molar-refractivity contribution in [1.82, 2.24) is 0 Å². The summed E-state index contributed by atoms with van der Waals surface area (Å²) in [6, 6.07) is 13.9. The third-order valence-electron chi connectivity index (χ3n) is 3.02. The van der Waals surface area contributed by atoms with Crippen molar-refractivity contribution >= 4 is 21.6 Å². The smallest absolute Gasteiger partial charge is 0.161 e. The molecule has 0 atom stereocenters. The van der Waals surface area contributed by atoms with Crippen molar-refractivity contribution in [1.29, 1.82) is 0 Å². The maximum absolute atomic E-state index is 5.78. The maximum Gasteiger partial charge on any atom is 0.161 e. The van der Waals surface area contributed by atoms with E-state index in [0.29, 0.717) is 13.2 Å². The average molecular weight is 350 g/mol. The summed E-state index contributed by atoms with van der Waals surface area (Å²) in [5.41, 5.74) is 2.33. The van der Waals surface area contributed by atoms with Gasteiger partial charge in [0.15, 0.2) is 11.5 Å². The number of halogens is 1. The summed E-state index contributed by atoms with van der Waals surface area (Å²) in [5, 5.41) is 3.38. The second-order valence-corrected chi connectivity index (χ2v) is 5.53. The number of hydrogen-bond donors (Lipinski definition) is 1. The van der Waals surface area contributed by atoms with Gasteiger partial charge in [-0.15, -0.1) is 0 Å². The van der Waals surface area contributed by atoms with Crippen molar-refractivity contribution in [2.24, 2.45) is 0 Å². The van der Waals surface area contributed by atoms with Crippen LogP contribution in [0.15, 0.2) is 46.9 Å². The SMILES string of the molecule is CCOc1ccccc1OCCNc1cc(Br)ccc1C. The molecule has 3 nitrogen and oxygen atoms in total. The van der Waals surface area contributed by atoms with Gasteiger partial charge in [0.05, 0.1) is 6.61 Å². The molecule has 0 spiro atoms. The fourth-order valence-electron chi connectivity index (χ4n) is 1.98. The number of anilines is 1. The lowest BCUT2D eigenvalue weighted by Gasteiger charge is -2.13. The van der Waals surface area contributed by atoms with Crippen LogP contribution in [0.2, 0.25) is 0 Å². The first-order valence-electron chi connectivity index (χ1n) is 7.05. The van der Waals surface area contributed by atoms with Crippen LogP contribution in [0.1, 0.15) is 12.5 Å². The zero-order chi connectivity index (χ0) is 15.1. The van der Waals surface area contributed by atoms with Crippen LogP contribution in [-0.4, -0.2) is 19.8 Å². The fourth-order valence-corrected chi connectivity index (χ4v) is 2.34. The molecule has 1 N–H and O–H groups in total. The number of para-hydroxylation sites is 2. The molecule has 21 heavy (non-hydrogen) atoms. The summed E-state index contributed by atoms with van der Waals surface area (Å²) in [6.45, 7) is 6.00. The number of benzene rings is 2. The van der Waals surface area contributed by atoms with Crippen molar-refractivity contribution in [3.05, 3.63) is 52.5 Å². The molecule has 0 heterocycles.